The molecule has 0 atom stereocenters. The standard InChI is InChI=1S/C13H20N6O2/c1-4-8-15-13-16-10(3)11(19(20)21)12(17-13)18(5-2)9-6-7-14/h4-6,8-9H2,1-3H3,(H,15,16,17). The van der Waals surface area contributed by atoms with Gasteiger partial charge in [-0.05, 0) is 20.3 Å². The van der Waals surface area contributed by atoms with Crippen molar-refractivity contribution in [3.05, 3.63) is 15.8 Å². The molecule has 0 unspecified atom stereocenters. The van der Waals surface area contributed by atoms with Gasteiger partial charge in [-0.1, -0.05) is 6.92 Å². The number of nitriles is 1. The zero-order valence-corrected chi connectivity index (χ0v) is 12.6. The molecule has 114 valence electrons. The molecule has 1 N–H and O–H groups in total. The number of hydrogen-bond donors (Lipinski definition) is 1. The van der Waals surface area contributed by atoms with Crippen LogP contribution in [-0.2, 0) is 0 Å². The van der Waals surface area contributed by atoms with Crippen LogP contribution in [0.3, 0.4) is 0 Å². The third-order valence-electron chi connectivity index (χ3n) is 2.93. The monoisotopic (exact) mass is 292 g/mol. The summed E-state index contributed by atoms with van der Waals surface area (Å²) in [5.41, 5.74) is 0.218. The minimum absolute atomic E-state index is 0.100. The lowest BCUT2D eigenvalue weighted by molar-refractivity contribution is -0.385. The molecular formula is C13H20N6O2. The smallest absolute Gasteiger partial charge is 0.332 e. The van der Waals surface area contributed by atoms with Gasteiger partial charge in [-0.3, -0.25) is 10.1 Å². The van der Waals surface area contributed by atoms with E-state index in [-0.39, 0.29) is 17.9 Å². The highest BCUT2D eigenvalue weighted by Gasteiger charge is 2.25. The average molecular weight is 292 g/mol. The Hall–Kier alpha value is -2.43. The molecule has 0 aromatic carbocycles. The van der Waals surface area contributed by atoms with Crippen molar-refractivity contribution >= 4 is 17.5 Å². The summed E-state index contributed by atoms with van der Waals surface area (Å²) >= 11 is 0. The summed E-state index contributed by atoms with van der Waals surface area (Å²) in [7, 11) is 0. The molecule has 8 heteroatoms. The van der Waals surface area contributed by atoms with Gasteiger partial charge in [0, 0.05) is 19.6 Å². The molecule has 1 heterocycles. The van der Waals surface area contributed by atoms with Crippen LogP contribution >= 0.6 is 0 Å². The number of rotatable bonds is 8. The van der Waals surface area contributed by atoms with E-state index in [1.807, 2.05) is 19.9 Å². The summed E-state index contributed by atoms with van der Waals surface area (Å²) < 4.78 is 0. The Morgan fingerprint density at radius 3 is 2.67 bits per heavy atom. The van der Waals surface area contributed by atoms with Gasteiger partial charge in [0.05, 0.1) is 17.4 Å². The van der Waals surface area contributed by atoms with Gasteiger partial charge in [-0.2, -0.15) is 10.2 Å². The van der Waals surface area contributed by atoms with Crippen molar-refractivity contribution in [3.8, 4) is 6.07 Å². The van der Waals surface area contributed by atoms with Crippen LogP contribution in [0.4, 0.5) is 17.5 Å². The molecule has 1 rings (SSSR count). The third-order valence-corrected chi connectivity index (χ3v) is 2.93. The number of aryl methyl sites for hydroxylation is 1. The SMILES string of the molecule is CCCNc1nc(C)c([N+](=O)[O-])c(N(CC)CCC#N)n1. The van der Waals surface area contributed by atoms with Gasteiger partial charge in [0.2, 0.25) is 11.8 Å². The Kier molecular flexibility index (Phi) is 6.33. The summed E-state index contributed by atoms with van der Waals surface area (Å²) in [6, 6.07) is 2.04. The van der Waals surface area contributed by atoms with E-state index in [0.717, 1.165) is 6.42 Å². The van der Waals surface area contributed by atoms with E-state index in [1.165, 1.54) is 0 Å². The molecule has 0 radical (unpaired) electrons. The van der Waals surface area contributed by atoms with E-state index in [4.69, 9.17) is 5.26 Å². The Morgan fingerprint density at radius 1 is 1.43 bits per heavy atom. The van der Waals surface area contributed by atoms with Gasteiger partial charge >= 0.3 is 5.69 Å². The first-order valence-corrected chi connectivity index (χ1v) is 6.93. The van der Waals surface area contributed by atoms with Crippen LogP contribution < -0.4 is 10.2 Å². The lowest BCUT2D eigenvalue weighted by Gasteiger charge is -2.21. The third kappa shape index (κ3) is 4.27. The van der Waals surface area contributed by atoms with Crippen LogP contribution in [-0.4, -0.2) is 34.5 Å². The molecule has 1 aromatic heterocycles. The summed E-state index contributed by atoms with van der Waals surface area (Å²) in [6.45, 7) is 7.11. The molecule has 0 aliphatic rings. The summed E-state index contributed by atoms with van der Waals surface area (Å²) in [4.78, 5) is 20.9. The molecule has 0 bridgehead atoms. The summed E-state index contributed by atoms with van der Waals surface area (Å²) in [6.07, 6.45) is 1.19. The quantitative estimate of drug-likeness (QED) is 0.578. The van der Waals surface area contributed by atoms with Gasteiger partial charge in [-0.25, -0.2) is 4.98 Å². The van der Waals surface area contributed by atoms with E-state index < -0.39 is 4.92 Å². The second-order valence-corrected chi connectivity index (χ2v) is 4.48. The minimum atomic E-state index is -0.469. The zero-order valence-electron chi connectivity index (χ0n) is 12.6. The largest absolute Gasteiger partial charge is 0.354 e. The maximum Gasteiger partial charge on any atom is 0.332 e. The van der Waals surface area contributed by atoms with Crippen molar-refractivity contribution in [3.63, 3.8) is 0 Å². The number of nitrogens with zero attached hydrogens (tertiary/aromatic N) is 5. The van der Waals surface area contributed by atoms with Crippen molar-refractivity contribution in [2.45, 2.75) is 33.6 Å². The number of nitro groups is 1. The van der Waals surface area contributed by atoms with Crippen LogP contribution in [0.5, 0.6) is 0 Å². The number of nitrogens with one attached hydrogen (secondary N) is 1. The molecule has 0 aliphatic carbocycles. The van der Waals surface area contributed by atoms with Crippen molar-refractivity contribution in [1.82, 2.24) is 9.97 Å². The lowest BCUT2D eigenvalue weighted by Crippen LogP contribution is -2.26. The molecule has 8 nitrogen and oxygen atoms in total. The molecule has 0 aliphatic heterocycles. The molecule has 1 aromatic rings. The van der Waals surface area contributed by atoms with Gasteiger partial charge in [0.25, 0.3) is 0 Å². The Morgan fingerprint density at radius 2 is 2.14 bits per heavy atom. The van der Waals surface area contributed by atoms with Crippen LogP contribution in [0.25, 0.3) is 0 Å². The number of anilines is 2. The topological polar surface area (TPSA) is 108 Å². The number of hydrogen-bond acceptors (Lipinski definition) is 7. The Labute approximate surface area is 124 Å². The average Bonchev–Trinajstić information content (AvgIpc) is 2.45. The first-order chi connectivity index (χ1) is 10.0. The second kappa shape index (κ2) is 7.99. The van der Waals surface area contributed by atoms with Crippen molar-refractivity contribution < 1.29 is 4.92 Å². The Balaban J connectivity index is 3.25. The van der Waals surface area contributed by atoms with Crippen LogP contribution in [0.15, 0.2) is 0 Å². The Bertz CT molecular complexity index is 540. The second-order valence-electron chi connectivity index (χ2n) is 4.48. The van der Waals surface area contributed by atoms with Gasteiger partial charge in [0.1, 0.15) is 5.69 Å². The minimum Gasteiger partial charge on any atom is -0.354 e. The van der Waals surface area contributed by atoms with E-state index in [1.54, 1.807) is 11.8 Å². The van der Waals surface area contributed by atoms with Gasteiger partial charge in [-0.15, -0.1) is 0 Å². The van der Waals surface area contributed by atoms with E-state index >= 15 is 0 Å². The fraction of sp³-hybridized carbons (Fsp3) is 0.615. The normalized spacial score (nSPS) is 10.0. The van der Waals surface area contributed by atoms with E-state index in [9.17, 15) is 10.1 Å². The van der Waals surface area contributed by atoms with Crippen molar-refractivity contribution in [1.29, 1.82) is 5.26 Å². The highest BCUT2D eigenvalue weighted by molar-refractivity contribution is 5.62. The maximum absolute atomic E-state index is 11.3. The fourth-order valence-electron chi connectivity index (χ4n) is 1.90. The summed E-state index contributed by atoms with van der Waals surface area (Å²) in [5.74, 6) is 0.647. The lowest BCUT2D eigenvalue weighted by atomic mass is 10.3. The molecule has 0 saturated heterocycles. The highest BCUT2D eigenvalue weighted by atomic mass is 16.6. The molecular weight excluding hydrogens is 272 g/mol. The molecule has 0 fully saturated rings. The van der Waals surface area contributed by atoms with Crippen molar-refractivity contribution in [2.24, 2.45) is 0 Å². The first kappa shape index (κ1) is 16.6. The van der Waals surface area contributed by atoms with Crippen LogP contribution in [0.1, 0.15) is 32.4 Å². The maximum atomic E-state index is 11.3. The van der Waals surface area contributed by atoms with Gasteiger partial charge in [0.15, 0.2) is 0 Å². The summed E-state index contributed by atoms with van der Waals surface area (Å²) in [5, 5.41) is 23.0. The van der Waals surface area contributed by atoms with Gasteiger partial charge < -0.3 is 10.2 Å². The first-order valence-electron chi connectivity index (χ1n) is 6.93. The van der Waals surface area contributed by atoms with E-state index in [2.05, 4.69) is 15.3 Å². The molecule has 21 heavy (non-hydrogen) atoms. The predicted octanol–water partition coefficient (Wildman–Crippen LogP) is 2.26. The fourth-order valence-corrected chi connectivity index (χ4v) is 1.90. The predicted molar refractivity (Wildman–Crippen MR) is 80.3 cm³/mol. The molecule has 0 amide bonds. The zero-order chi connectivity index (χ0) is 15.8. The van der Waals surface area contributed by atoms with E-state index in [0.29, 0.717) is 31.3 Å². The molecule has 0 spiro atoms. The van der Waals surface area contributed by atoms with Crippen LogP contribution in [0.2, 0.25) is 0 Å². The van der Waals surface area contributed by atoms with Crippen LogP contribution in [0, 0.1) is 28.4 Å². The van der Waals surface area contributed by atoms with Crippen molar-refractivity contribution in [2.75, 3.05) is 29.9 Å². The highest BCUT2D eigenvalue weighted by Crippen LogP contribution is 2.29. The number of aromatic nitrogens is 2. The molecule has 0 saturated carbocycles.